The number of hydrogen-bond acceptors (Lipinski definition) is 4. The van der Waals surface area contributed by atoms with Crippen molar-refractivity contribution in [2.45, 2.75) is 0 Å². The zero-order valence-electron chi connectivity index (χ0n) is 14.4. The van der Waals surface area contributed by atoms with Gasteiger partial charge in [-0.05, 0) is 36.4 Å². The highest BCUT2D eigenvalue weighted by Crippen LogP contribution is 2.34. The highest BCUT2D eigenvalue weighted by atomic mass is 16.5. The summed E-state index contributed by atoms with van der Waals surface area (Å²) in [4.78, 5) is 25.8. The number of hydrogen-bond donors (Lipinski definition) is 1. The van der Waals surface area contributed by atoms with Gasteiger partial charge in [0.2, 0.25) is 0 Å². The summed E-state index contributed by atoms with van der Waals surface area (Å²) in [7, 11) is 1.59. The van der Waals surface area contributed by atoms with Crippen LogP contribution in [0.15, 0.2) is 60.7 Å². The third-order valence-electron chi connectivity index (χ3n) is 4.49. The molecule has 0 unspecified atom stereocenters. The number of rotatable bonds is 1. The Morgan fingerprint density at radius 1 is 0.778 bits per heavy atom. The largest absolute Gasteiger partial charge is 0.507 e. The molecule has 0 spiro atoms. The van der Waals surface area contributed by atoms with Crippen molar-refractivity contribution in [2.75, 3.05) is 7.11 Å². The lowest BCUT2D eigenvalue weighted by Gasteiger charge is -2.19. The number of carbonyl (C=O) groups is 2. The molecule has 1 aliphatic rings. The topological polar surface area (TPSA) is 63.6 Å². The standard InChI is InChI=1S/C23H14O4/c1-27-16-11-7-14(8-12-16)6-9-15-10-13-19(24)21-20(15)22(25)17-4-2-3-5-18(17)23(21)26/h2-5,7-8,10-13,24H,1H3. The third-order valence-corrected chi connectivity index (χ3v) is 4.49. The lowest BCUT2D eigenvalue weighted by molar-refractivity contribution is 0.0976. The molecule has 3 aromatic rings. The zero-order valence-corrected chi connectivity index (χ0v) is 14.4. The quantitative estimate of drug-likeness (QED) is 0.531. The molecule has 0 heterocycles. The minimum absolute atomic E-state index is 0.0141. The van der Waals surface area contributed by atoms with Gasteiger partial charge in [-0.15, -0.1) is 0 Å². The molecule has 0 bridgehead atoms. The van der Waals surface area contributed by atoms with E-state index in [1.54, 1.807) is 61.7 Å². The fraction of sp³-hybridized carbons (Fsp3) is 0.0435. The number of carbonyl (C=O) groups excluding carboxylic acids is 2. The second-order valence-corrected chi connectivity index (χ2v) is 6.06. The average Bonchev–Trinajstić information content (AvgIpc) is 2.71. The molecule has 130 valence electrons. The molecule has 4 heteroatoms. The summed E-state index contributed by atoms with van der Waals surface area (Å²) < 4.78 is 5.12. The van der Waals surface area contributed by atoms with Crippen LogP contribution in [0.2, 0.25) is 0 Å². The summed E-state index contributed by atoms with van der Waals surface area (Å²) in [6.45, 7) is 0. The second-order valence-electron chi connectivity index (χ2n) is 6.06. The summed E-state index contributed by atoms with van der Waals surface area (Å²) >= 11 is 0. The van der Waals surface area contributed by atoms with Gasteiger partial charge in [0.05, 0.1) is 18.2 Å². The van der Waals surface area contributed by atoms with Gasteiger partial charge in [0.25, 0.3) is 0 Å². The van der Waals surface area contributed by atoms with Gasteiger partial charge in [-0.2, -0.15) is 0 Å². The van der Waals surface area contributed by atoms with E-state index < -0.39 is 0 Å². The predicted octanol–water partition coefficient (Wildman–Crippen LogP) is 3.58. The van der Waals surface area contributed by atoms with Crippen LogP contribution >= 0.6 is 0 Å². The number of ether oxygens (including phenoxy) is 1. The van der Waals surface area contributed by atoms with Gasteiger partial charge in [0.15, 0.2) is 11.6 Å². The predicted molar refractivity (Wildman–Crippen MR) is 100 cm³/mol. The highest BCUT2D eigenvalue weighted by molar-refractivity contribution is 6.30. The van der Waals surface area contributed by atoms with E-state index >= 15 is 0 Å². The van der Waals surface area contributed by atoms with Gasteiger partial charge in [-0.1, -0.05) is 36.1 Å². The Bertz CT molecular complexity index is 1150. The van der Waals surface area contributed by atoms with Crippen LogP contribution in [-0.2, 0) is 0 Å². The van der Waals surface area contributed by atoms with Crippen LogP contribution in [0.5, 0.6) is 11.5 Å². The minimum Gasteiger partial charge on any atom is -0.507 e. The number of benzene rings is 3. The number of ketones is 2. The van der Waals surface area contributed by atoms with Crippen LogP contribution in [0.4, 0.5) is 0 Å². The average molecular weight is 354 g/mol. The Kier molecular flexibility index (Phi) is 3.98. The molecule has 0 atom stereocenters. The molecular weight excluding hydrogens is 340 g/mol. The molecule has 27 heavy (non-hydrogen) atoms. The summed E-state index contributed by atoms with van der Waals surface area (Å²) in [5, 5.41) is 10.2. The molecule has 0 saturated heterocycles. The summed E-state index contributed by atoms with van der Waals surface area (Å²) in [5.41, 5.74) is 1.94. The van der Waals surface area contributed by atoms with Crippen LogP contribution in [0.1, 0.15) is 43.0 Å². The van der Waals surface area contributed by atoms with E-state index in [0.717, 1.165) is 11.3 Å². The Morgan fingerprint density at radius 2 is 1.41 bits per heavy atom. The molecule has 1 N–H and O–H groups in total. The molecule has 0 fully saturated rings. The summed E-state index contributed by atoms with van der Waals surface area (Å²) in [6, 6.07) is 16.8. The Balaban J connectivity index is 1.85. The molecule has 1 aliphatic carbocycles. The molecule has 3 aromatic carbocycles. The number of fused-ring (bicyclic) bond motifs is 2. The lowest BCUT2D eigenvalue weighted by atomic mass is 9.81. The van der Waals surface area contributed by atoms with Crippen LogP contribution in [0, 0.1) is 11.8 Å². The number of phenolic OH excluding ortho intramolecular Hbond substituents is 1. The first-order valence-electron chi connectivity index (χ1n) is 8.30. The van der Waals surface area contributed by atoms with E-state index in [1.807, 2.05) is 0 Å². The Hall–Kier alpha value is -3.84. The van der Waals surface area contributed by atoms with E-state index in [1.165, 1.54) is 6.07 Å². The fourth-order valence-corrected chi connectivity index (χ4v) is 3.12. The van der Waals surface area contributed by atoms with Crippen molar-refractivity contribution in [2.24, 2.45) is 0 Å². The molecule has 0 amide bonds. The maximum absolute atomic E-state index is 13.0. The van der Waals surface area contributed by atoms with Gasteiger partial charge in [0.1, 0.15) is 11.5 Å². The van der Waals surface area contributed by atoms with Gasteiger partial charge >= 0.3 is 0 Å². The normalized spacial score (nSPS) is 11.9. The van der Waals surface area contributed by atoms with E-state index in [9.17, 15) is 14.7 Å². The van der Waals surface area contributed by atoms with Crippen molar-refractivity contribution in [3.63, 3.8) is 0 Å². The van der Waals surface area contributed by atoms with Crippen molar-refractivity contribution in [1.29, 1.82) is 0 Å². The van der Waals surface area contributed by atoms with E-state index in [4.69, 9.17) is 4.74 Å². The fourth-order valence-electron chi connectivity index (χ4n) is 3.12. The van der Waals surface area contributed by atoms with E-state index in [0.29, 0.717) is 16.7 Å². The summed E-state index contributed by atoms with van der Waals surface area (Å²) in [6.07, 6.45) is 0. The van der Waals surface area contributed by atoms with Gasteiger partial charge in [0, 0.05) is 22.3 Å². The third kappa shape index (κ3) is 2.76. The minimum atomic E-state index is -0.370. The van der Waals surface area contributed by atoms with Crippen LogP contribution in [-0.4, -0.2) is 23.8 Å². The number of phenols is 1. The van der Waals surface area contributed by atoms with E-state index in [2.05, 4.69) is 11.8 Å². The SMILES string of the molecule is COc1ccc(C#Cc2ccc(O)c3c2C(=O)c2ccccc2C3=O)cc1. The molecule has 0 saturated carbocycles. The first kappa shape index (κ1) is 16.6. The van der Waals surface area contributed by atoms with Crippen molar-refractivity contribution >= 4 is 11.6 Å². The molecule has 4 rings (SSSR count). The molecule has 0 radical (unpaired) electrons. The number of aromatic hydroxyl groups is 1. The molecule has 0 aliphatic heterocycles. The summed E-state index contributed by atoms with van der Waals surface area (Å²) in [5.74, 6) is 5.78. The molecule has 4 nitrogen and oxygen atoms in total. The van der Waals surface area contributed by atoms with Gasteiger partial charge < -0.3 is 9.84 Å². The second kappa shape index (κ2) is 6.47. The van der Waals surface area contributed by atoms with Crippen LogP contribution in [0.3, 0.4) is 0 Å². The maximum atomic E-state index is 13.0. The van der Waals surface area contributed by atoms with Crippen molar-refractivity contribution < 1.29 is 19.4 Å². The zero-order chi connectivity index (χ0) is 19.0. The van der Waals surface area contributed by atoms with Crippen LogP contribution < -0.4 is 4.74 Å². The molecule has 0 aromatic heterocycles. The Morgan fingerprint density at radius 3 is 2.04 bits per heavy atom. The van der Waals surface area contributed by atoms with Crippen LogP contribution in [0.25, 0.3) is 0 Å². The van der Waals surface area contributed by atoms with Crippen molar-refractivity contribution in [3.05, 3.63) is 94.0 Å². The number of methoxy groups -OCH3 is 1. The lowest BCUT2D eigenvalue weighted by Crippen LogP contribution is -2.22. The Labute approximate surface area is 156 Å². The van der Waals surface area contributed by atoms with Crippen molar-refractivity contribution in [1.82, 2.24) is 0 Å². The molecular formula is C23H14O4. The first-order chi connectivity index (χ1) is 13.1. The van der Waals surface area contributed by atoms with Gasteiger partial charge in [-0.25, -0.2) is 0 Å². The smallest absolute Gasteiger partial charge is 0.198 e. The first-order valence-corrected chi connectivity index (χ1v) is 8.30. The maximum Gasteiger partial charge on any atom is 0.198 e. The monoisotopic (exact) mass is 354 g/mol. The van der Waals surface area contributed by atoms with E-state index in [-0.39, 0.29) is 28.4 Å². The highest BCUT2D eigenvalue weighted by Gasteiger charge is 2.33. The van der Waals surface area contributed by atoms with Gasteiger partial charge in [-0.3, -0.25) is 9.59 Å². The van der Waals surface area contributed by atoms with Crippen molar-refractivity contribution in [3.8, 4) is 23.3 Å².